The summed E-state index contributed by atoms with van der Waals surface area (Å²) in [5.74, 6) is 0.351. The summed E-state index contributed by atoms with van der Waals surface area (Å²) in [7, 11) is -3.92. The molecular weight excluding hydrogens is 370 g/mol. The zero-order chi connectivity index (χ0) is 18.0. The first kappa shape index (κ1) is 20.9. The van der Waals surface area contributed by atoms with Crippen LogP contribution < -0.4 is 4.72 Å². The summed E-state index contributed by atoms with van der Waals surface area (Å²) in [6.45, 7) is -0.00298. The van der Waals surface area contributed by atoms with Gasteiger partial charge in [-0.25, -0.2) is 13.1 Å². The fourth-order valence-corrected chi connectivity index (χ4v) is 3.52. The average molecular weight is 392 g/mol. The Morgan fingerprint density at radius 2 is 1.79 bits per heavy atom. The van der Waals surface area contributed by atoms with Crippen molar-refractivity contribution in [1.82, 2.24) is 4.72 Å². The lowest BCUT2D eigenvalue weighted by atomic mass is 10.2. The van der Waals surface area contributed by atoms with Gasteiger partial charge in [0.2, 0.25) is 5.91 Å². The van der Waals surface area contributed by atoms with Crippen LogP contribution >= 0.6 is 23.5 Å². The summed E-state index contributed by atoms with van der Waals surface area (Å²) in [6.07, 6.45) is 4.18. The fourth-order valence-electron chi connectivity index (χ4n) is 1.68. The van der Waals surface area contributed by atoms with E-state index in [0.29, 0.717) is 23.5 Å². The number of esters is 1. The lowest BCUT2D eigenvalue weighted by Gasteiger charge is -2.09. The van der Waals surface area contributed by atoms with Crippen LogP contribution in [-0.2, 0) is 31.0 Å². The quantitative estimate of drug-likeness (QED) is 0.611. The minimum atomic E-state index is -3.92. The van der Waals surface area contributed by atoms with E-state index in [1.165, 1.54) is 23.9 Å². The maximum Gasteiger partial charge on any atom is 0.306 e. The molecule has 0 aliphatic carbocycles. The van der Waals surface area contributed by atoms with Gasteiger partial charge in [-0.2, -0.15) is 23.5 Å². The number of benzene rings is 1. The maximum absolute atomic E-state index is 12.2. The summed E-state index contributed by atoms with van der Waals surface area (Å²) in [5.41, 5.74) is 0.548. The molecule has 0 spiro atoms. The number of hydrogen-bond acceptors (Lipinski definition) is 7. The third-order valence-corrected chi connectivity index (χ3v) is 5.50. The molecule has 1 aromatic carbocycles. The highest BCUT2D eigenvalue weighted by molar-refractivity contribution is 7.98. The molecule has 24 heavy (non-hydrogen) atoms. The molecule has 134 valence electrons. The minimum Gasteiger partial charge on any atom is -0.461 e. The van der Waals surface area contributed by atoms with Gasteiger partial charge in [0.25, 0.3) is 10.0 Å². The average Bonchev–Trinajstić information content (AvgIpc) is 2.56. The highest BCUT2D eigenvalue weighted by Gasteiger charge is 2.17. The molecule has 0 atom stereocenters. The highest BCUT2D eigenvalue weighted by Crippen LogP contribution is 2.13. The number of thioether (sulfide) groups is 2. The molecule has 0 saturated heterocycles. The number of hydrogen-bond donors (Lipinski definition) is 1. The van der Waals surface area contributed by atoms with Crippen LogP contribution in [-0.4, -0.2) is 44.3 Å². The van der Waals surface area contributed by atoms with Crippen LogP contribution in [0.4, 0.5) is 0 Å². The normalized spacial score (nSPS) is 11.1. The van der Waals surface area contributed by atoms with Crippen molar-refractivity contribution in [2.45, 2.75) is 24.3 Å². The first-order valence-electron chi connectivity index (χ1n) is 7.17. The van der Waals surface area contributed by atoms with Gasteiger partial charge in [0.1, 0.15) is 6.61 Å². The molecule has 9 heteroatoms. The van der Waals surface area contributed by atoms with Gasteiger partial charge in [-0.05, 0) is 30.2 Å². The zero-order valence-corrected chi connectivity index (χ0v) is 16.1. The lowest BCUT2D eigenvalue weighted by Crippen LogP contribution is -2.30. The van der Waals surface area contributed by atoms with E-state index in [0.717, 1.165) is 0 Å². The Kier molecular flexibility index (Phi) is 9.24. The number of ether oxygens (including phenoxy) is 1. The van der Waals surface area contributed by atoms with Gasteiger partial charge in [-0.15, -0.1) is 0 Å². The zero-order valence-electron chi connectivity index (χ0n) is 13.6. The van der Waals surface area contributed by atoms with Crippen LogP contribution in [0.5, 0.6) is 0 Å². The molecule has 0 saturated carbocycles. The third kappa shape index (κ3) is 7.59. The van der Waals surface area contributed by atoms with Gasteiger partial charge < -0.3 is 4.74 Å². The molecule has 6 nitrogen and oxygen atoms in total. The first-order valence-corrected chi connectivity index (χ1v) is 11.4. The van der Waals surface area contributed by atoms with Gasteiger partial charge in [0, 0.05) is 17.9 Å². The van der Waals surface area contributed by atoms with E-state index in [4.69, 9.17) is 4.74 Å². The second kappa shape index (κ2) is 10.6. The summed E-state index contributed by atoms with van der Waals surface area (Å²) < 4.78 is 31.5. The Hall–Kier alpha value is -1.19. The molecule has 1 N–H and O–H groups in total. The molecule has 0 fully saturated rings. The Bertz CT molecular complexity index is 661. The smallest absolute Gasteiger partial charge is 0.306 e. The maximum atomic E-state index is 12.2. The van der Waals surface area contributed by atoms with Crippen LogP contribution in [0.15, 0.2) is 29.2 Å². The van der Waals surface area contributed by atoms with Gasteiger partial charge in [0.05, 0.1) is 11.3 Å². The Morgan fingerprint density at radius 1 is 1.12 bits per heavy atom. The number of carbonyl (C=O) groups is 2. The van der Waals surface area contributed by atoms with Crippen molar-refractivity contribution in [3.05, 3.63) is 29.8 Å². The molecule has 0 heterocycles. The summed E-state index contributed by atoms with van der Waals surface area (Å²) in [5, 5.41) is 0. The first-order chi connectivity index (χ1) is 11.4. The van der Waals surface area contributed by atoms with Gasteiger partial charge >= 0.3 is 5.97 Å². The highest BCUT2D eigenvalue weighted by atomic mass is 32.2. The van der Waals surface area contributed by atoms with E-state index >= 15 is 0 Å². The van der Waals surface area contributed by atoms with Crippen molar-refractivity contribution >= 4 is 45.4 Å². The van der Waals surface area contributed by atoms with Crippen molar-refractivity contribution in [3.63, 3.8) is 0 Å². The van der Waals surface area contributed by atoms with Gasteiger partial charge in [-0.3, -0.25) is 9.59 Å². The molecule has 0 bridgehead atoms. The van der Waals surface area contributed by atoms with Crippen LogP contribution in [0.1, 0.15) is 18.4 Å². The molecule has 0 aromatic heterocycles. The molecule has 0 aliphatic rings. The van der Waals surface area contributed by atoms with E-state index in [1.54, 1.807) is 23.9 Å². The number of sulfonamides is 1. The SMILES string of the molecule is CSCCC(=O)NS(=O)(=O)c1cccc(COC(=O)CCSC)c1. The van der Waals surface area contributed by atoms with Crippen molar-refractivity contribution in [1.29, 1.82) is 0 Å². The number of amides is 1. The molecule has 1 amide bonds. The number of nitrogens with one attached hydrogen (secondary N) is 1. The largest absolute Gasteiger partial charge is 0.461 e. The predicted octanol–water partition coefficient (Wildman–Crippen LogP) is 2.04. The summed E-state index contributed by atoms with van der Waals surface area (Å²) in [4.78, 5) is 23.1. The standard InChI is InChI=1S/C15H21NO5S3/c1-22-8-6-14(17)16-24(19,20)13-5-3-4-12(10-13)11-21-15(18)7-9-23-2/h3-5,10H,6-9,11H2,1-2H3,(H,16,17). The van der Waals surface area contributed by atoms with E-state index in [1.807, 2.05) is 17.2 Å². The molecule has 0 radical (unpaired) electrons. The van der Waals surface area contributed by atoms with E-state index in [2.05, 4.69) is 0 Å². The van der Waals surface area contributed by atoms with Gasteiger partial charge in [0.15, 0.2) is 0 Å². The molecule has 0 unspecified atom stereocenters. The van der Waals surface area contributed by atoms with Crippen molar-refractivity contribution in [2.24, 2.45) is 0 Å². The van der Waals surface area contributed by atoms with E-state index in [9.17, 15) is 18.0 Å². The Labute approximate surface area is 151 Å². The van der Waals surface area contributed by atoms with Crippen LogP contribution in [0, 0.1) is 0 Å². The van der Waals surface area contributed by atoms with Crippen molar-refractivity contribution in [3.8, 4) is 0 Å². The van der Waals surface area contributed by atoms with E-state index < -0.39 is 15.9 Å². The fraction of sp³-hybridized carbons (Fsp3) is 0.467. The monoisotopic (exact) mass is 391 g/mol. The molecular formula is C15H21NO5S3. The van der Waals surface area contributed by atoms with E-state index in [-0.39, 0.29) is 23.9 Å². The van der Waals surface area contributed by atoms with Crippen LogP contribution in [0.25, 0.3) is 0 Å². The molecule has 1 aromatic rings. The van der Waals surface area contributed by atoms with Gasteiger partial charge in [-0.1, -0.05) is 12.1 Å². The lowest BCUT2D eigenvalue weighted by molar-refractivity contribution is -0.144. The second-order valence-corrected chi connectivity index (χ2v) is 8.48. The third-order valence-electron chi connectivity index (χ3n) is 2.90. The molecule has 0 aliphatic heterocycles. The Morgan fingerprint density at radius 3 is 2.46 bits per heavy atom. The summed E-state index contributed by atoms with van der Waals surface area (Å²) >= 11 is 3.01. The summed E-state index contributed by atoms with van der Waals surface area (Å²) in [6, 6.07) is 6.00. The number of rotatable bonds is 10. The van der Waals surface area contributed by atoms with Crippen LogP contribution in [0.2, 0.25) is 0 Å². The Balaban J connectivity index is 2.69. The van der Waals surface area contributed by atoms with Crippen molar-refractivity contribution in [2.75, 3.05) is 24.0 Å². The van der Waals surface area contributed by atoms with Crippen LogP contribution in [0.3, 0.4) is 0 Å². The predicted molar refractivity (Wildman–Crippen MR) is 97.6 cm³/mol. The topological polar surface area (TPSA) is 89.5 Å². The molecule has 1 rings (SSSR count). The minimum absolute atomic E-state index is 0.00298. The van der Waals surface area contributed by atoms with Crippen molar-refractivity contribution < 1.29 is 22.7 Å². The number of carbonyl (C=O) groups excluding carboxylic acids is 2. The second-order valence-electron chi connectivity index (χ2n) is 4.82.